The summed E-state index contributed by atoms with van der Waals surface area (Å²) in [6.07, 6.45) is 3.40. The van der Waals surface area contributed by atoms with Crippen LogP contribution in [0.1, 0.15) is 36.7 Å². The van der Waals surface area contributed by atoms with Crippen molar-refractivity contribution in [3.63, 3.8) is 0 Å². The van der Waals surface area contributed by atoms with Gasteiger partial charge in [0, 0.05) is 35.9 Å². The van der Waals surface area contributed by atoms with Crippen LogP contribution in [0.15, 0.2) is 40.8 Å². The lowest BCUT2D eigenvalue weighted by Gasteiger charge is -2.20. The maximum atomic E-state index is 12.4. The van der Waals surface area contributed by atoms with E-state index >= 15 is 0 Å². The van der Waals surface area contributed by atoms with Crippen LogP contribution in [0.5, 0.6) is 0 Å². The van der Waals surface area contributed by atoms with E-state index in [9.17, 15) is 4.79 Å². The fourth-order valence-corrected chi connectivity index (χ4v) is 3.82. The first-order valence-electron chi connectivity index (χ1n) is 8.74. The maximum absolute atomic E-state index is 12.4. The molecule has 2 aromatic rings. The number of hydrogen-bond donors (Lipinski definition) is 3. The molecule has 126 valence electrons. The minimum Gasteiger partial charge on any atom is -0.451 e. The summed E-state index contributed by atoms with van der Waals surface area (Å²) in [5, 5.41) is 9.93. The molecule has 3 heterocycles. The molecular formula is C19H23N3O2. The lowest BCUT2D eigenvalue weighted by Crippen LogP contribution is -2.42. The molecule has 2 saturated heterocycles. The van der Waals surface area contributed by atoms with E-state index in [2.05, 4.69) is 22.9 Å². The minimum absolute atomic E-state index is 0.122. The van der Waals surface area contributed by atoms with Crippen LogP contribution in [0.4, 0.5) is 5.69 Å². The van der Waals surface area contributed by atoms with E-state index in [4.69, 9.17) is 4.42 Å². The van der Waals surface area contributed by atoms with E-state index in [1.807, 2.05) is 30.3 Å². The monoisotopic (exact) mass is 325 g/mol. The van der Waals surface area contributed by atoms with Crippen LogP contribution in [-0.2, 0) is 0 Å². The minimum atomic E-state index is -0.122. The Bertz CT molecular complexity index is 740. The first-order valence-corrected chi connectivity index (χ1v) is 8.74. The van der Waals surface area contributed by atoms with E-state index in [1.165, 1.54) is 6.42 Å². The highest BCUT2D eigenvalue weighted by Crippen LogP contribution is 2.29. The molecule has 1 aromatic heterocycles. The first-order chi connectivity index (χ1) is 11.7. The molecule has 1 amide bonds. The van der Waals surface area contributed by atoms with Crippen LogP contribution in [-0.4, -0.2) is 30.6 Å². The number of carbonyl (C=O) groups excluding carboxylic acids is 1. The smallest absolute Gasteiger partial charge is 0.287 e. The summed E-state index contributed by atoms with van der Waals surface area (Å²) in [4.78, 5) is 12.4. The Morgan fingerprint density at radius 3 is 2.96 bits per heavy atom. The largest absolute Gasteiger partial charge is 0.451 e. The lowest BCUT2D eigenvalue weighted by atomic mass is 9.95. The van der Waals surface area contributed by atoms with Crippen molar-refractivity contribution in [3.05, 3.63) is 42.2 Å². The molecule has 2 fully saturated rings. The highest BCUT2D eigenvalue weighted by molar-refractivity contribution is 5.92. The molecule has 5 nitrogen and oxygen atoms in total. The van der Waals surface area contributed by atoms with Crippen molar-refractivity contribution in [2.45, 2.75) is 44.3 Å². The van der Waals surface area contributed by atoms with Gasteiger partial charge in [-0.2, -0.15) is 0 Å². The highest BCUT2D eigenvalue weighted by atomic mass is 16.3. The topological polar surface area (TPSA) is 66.3 Å². The summed E-state index contributed by atoms with van der Waals surface area (Å²) in [6, 6.07) is 12.9. The van der Waals surface area contributed by atoms with Gasteiger partial charge in [0.25, 0.3) is 5.91 Å². The molecule has 0 radical (unpaired) electrons. The highest BCUT2D eigenvalue weighted by Gasteiger charge is 2.39. The second-order valence-corrected chi connectivity index (χ2v) is 6.64. The molecule has 24 heavy (non-hydrogen) atoms. The molecule has 4 rings (SSSR count). The van der Waals surface area contributed by atoms with Crippen molar-refractivity contribution in [1.82, 2.24) is 10.6 Å². The predicted molar refractivity (Wildman–Crippen MR) is 94.1 cm³/mol. The Labute approximate surface area is 141 Å². The number of amides is 1. The number of benzene rings is 1. The van der Waals surface area contributed by atoms with Crippen LogP contribution in [0, 0.1) is 0 Å². The zero-order chi connectivity index (χ0) is 16.5. The third-order valence-corrected chi connectivity index (χ3v) is 4.97. The van der Waals surface area contributed by atoms with Crippen molar-refractivity contribution in [2.24, 2.45) is 0 Å². The van der Waals surface area contributed by atoms with Crippen molar-refractivity contribution in [2.75, 3.05) is 11.9 Å². The summed E-state index contributed by atoms with van der Waals surface area (Å²) in [5.41, 5.74) is 2.01. The Morgan fingerprint density at radius 2 is 2.21 bits per heavy atom. The van der Waals surface area contributed by atoms with E-state index in [1.54, 1.807) is 6.07 Å². The van der Waals surface area contributed by atoms with Crippen LogP contribution in [0.25, 0.3) is 11.3 Å². The Kier molecular flexibility index (Phi) is 4.02. The van der Waals surface area contributed by atoms with Crippen molar-refractivity contribution in [1.29, 1.82) is 0 Å². The Balaban J connectivity index is 1.46. The zero-order valence-electron chi connectivity index (χ0n) is 13.8. The summed E-state index contributed by atoms with van der Waals surface area (Å²) in [7, 11) is 0. The van der Waals surface area contributed by atoms with E-state index in [-0.39, 0.29) is 11.9 Å². The van der Waals surface area contributed by atoms with Crippen molar-refractivity contribution < 1.29 is 9.21 Å². The molecule has 2 aliphatic rings. The molecular weight excluding hydrogens is 302 g/mol. The van der Waals surface area contributed by atoms with Crippen LogP contribution < -0.4 is 16.0 Å². The van der Waals surface area contributed by atoms with Gasteiger partial charge in [0.15, 0.2) is 5.76 Å². The van der Waals surface area contributed by atoms with Gasteiger partial charge in [-0.25, -0.2) is 0 Å². The molecule has 0 aliphatic carbocycles. The maximum Gasteiger partial charge on any atom is 0.287 e. The third kappa shape index (κ3) is 2.91. The van der Waals surface area contributed by atoms with Gasteiger partial charge in [0.1, 0.15) is 5.76 Å². The van der Waals surface area contributed by atoms with Crippen LogP contribution in [0.3, 0.4) is 0 Å². The molecule has 2 aliphatic heterocycles. The molecule has 2 bridgehead atoms. The molecule has 5 heteroatoms. The van der Waals surface area contributed by atoms with Gasteiger partial charge in [0.05, 0.1) is 0 Å². The number of hydrogen-bond acceptors (Lipinski definition) is 4. The van der Waals surface area contributed by atoms with E-state index in [0.717, 1.165) is 30.6 Å². The quantitative estimate of drug-likeness (QED) is 0.790. The number of fused-ring (bicyclic) bond motifs is 2. The van der Waals surface area contributed by atoms with Gasteiger partial charge < -0.3 is 20.4 Å². The fourth-order valence-electron chi connectivity index (χ4n) is 3.82. The second kappa shape index (κ2) is 6.32. The standard InChI is InChI=1S/C19H23N3O2/c1-2-20-13-5-3-4-12(10-13)17-8-9-18(24-17)19(23)22-16-11-14-6-7-15(16)21-14/h3-5,8-10,14-16,20-21H,2,6-7,11H2,1H3,(H,22,23). The summed E-state index contributed by atoms with van der Waals surface area (Å²) >= 11 is 0. The molecule has 3 unspecified atom stereocenters. The second-order valence-electron chi connectivity index (χ2n) is 6.64. The van der Waals surface area contributed by atoms with Gasteiger partial charge in [-0.15, -0.1) is 0 Å². The predicted octanol–water partition coefficient (Wildman–Crippen LogP) is 3.00. The van der Waals surface area contributed by atoms with Crippen molar-refractivity contribution >= 4 is 11.6 Å². The molecule has 3 atom stereocenters. The van der Waals surface area contributed by atoms with E-state index in [0.29, 0.717) is 23.6 Å². The van der Waals surface area contributed by atoms with Crippen molar-refractivity contribution in [3.8, 4) is 11.3 Å². The fraction of sp³-hybridized carbons (Fsp3) is 0.421. The lowest BCUT2D eigenvalue weighted by molar-refractivity contribution is 0.0903. The van der Waals surface area contributed by atoms with Crippen LogP contribution >= 0.6 is 0 Å². The van der Waals surface area contributed by atoms with Gasteiger partial charge >= 0.3 is 0 Å². The Morgan fingerprint density at radius 1 is 1.29 bits per heavy atom. The molecule has 3 N–H and O–H groups in total. The molecule has 1 aromatic carbocycles. The number of furan rings is 1. The molecule has 0 saturated carbocycles. The van der Waals surface area contributed by atoms with Gasteiger partial charge in [-0.1, -0.05) is 12.1 Å². The summed E-state index contributed by atoms with van der Waals surface area (Å²) in [6.45, 7) is 2.93. The number of rotatable bonds is 5. The number of carbonyl (C=O) groups is 1. The van der Waals surface area contributed by atoms with Crippen LogP contribution in [0.2, 0.25) is 0 Å². The molecule has 0 spiro atoms. The Hall–Kier alpha value is -2.27. The SMILES string of the molecule is CCNc1cccc(-c2ccc(C(=O)NC3CC4CCC3N4)o2)c1. The number of anilines is 1. The average Bonchev–Trinajstić information content (AvgIpc) is 3.32. The number of nitrogens with one attached hydrogen (secondary N) is 3. The summed E-state index contributed by atoms with van der Waals surface area (Å²) < 4.78 is 5.79. The van der Waals surface area contributed by atoms with Gasteiger partial charge in [0.2, 0.25) is 0 Å². The van der Waals surface area contributed by atoms with E-state index < -0.39 is 0 Å². The van der Waals surface area contributed by atoms with Gasteiger partial charge in [-0.3, -0.25) is 4.79 Å². The third-order valence-electron chi connectivity index (χ3n) is 4.97. The summed E-state index contributed by atoms with van der Waals surface area (Å²) in [5.74, 6) is 0.969. The average molecular weight is 325 g/mol. The normalized spacial score (nSPS) is 25.0. The zero-order valence-corrected chi connectivity index (χ0v) is 13.8. The van der Waals surface area contributed by atoms with Gasteiger partial charge in [-0.05, 0) is 50.5 Å². The first kappa shape index (κ1) is 15.3.